The number of nitrogens with one attached hydrogen (secondary N) is 1. The zero-order valence-corrected chi connectivity index (χ0v) is 20.5. The predicted molar refractivity (Wildman–Crippen MR) is 140 cm³/mol. The maximum atomic E-state index is 14.4. The van der Waals surface area contributed by atoms with Crippen molar-refractivity contribution in [3.8, 4) is 11.1 Å². The minimum atomic E-state index is -1.02. The van der Waals surface area contributed by atoms with Gasteiger partial charge in [-0.1, -0.05) is 54.5 Å². The molecule has 5 rings (SSSR count). The SMILES string of the molecule is C[C@@H]1c2ccc(C(=O)NCc3ccc(C(N)=NO)cc3)cc2[C@H](O)c2cc(-c3ccc(F)cc3F)ccc21. The van der Waals surface area contributed by atoms with Gasteiger partial charge in [-0.15, -0.1) is 0 Å². The summed E-state index contributed by atoms with van der Waals surface area (Å²) >= 11 is 0. The third kappa shape index (κ3) is 4.62. The van der Waals surface area contributed by atoms with Crippen molar-refractivity contribution in [1.29, 1.82) is 0 Å². The predicted octanol–water partition coefficient (Wildman–Crippen LogP) is 5.20. The van der Waals surface area contributed by atoms with E-state index in [0.717, 1.165) is 22.8 Å². The second-order valence-electron chi connectivity index (χ2n) is 9.30. The number of aliphatic hydroxyl groups excluding tert-OH is 1. The highest BCUT2D eigenvalue weighted by Gasteiger charge is 2.30. The van der Waals surface area contributed by atoms with Gasteiger partial charge in [-0.25, -0.2) is 8.78 Å². The lowest BCUT2D eigenvalue weighted by molar-refractivity contribution is 0.0950. The first kappa shape index (κ1) is 25.1. The quantitative estimate of drug-likeness (QED) is 0.127. The monoisotopic (exact) mass is 513 g/mol. The largest absolute Gasteiger partial charge is 0.409 e. The van der Waals surface area contributed by atoms with Crippen molar-refractivity contribution in [1.82, 2.24) is 5.32 Å². The molecule has 0 unspecified atom stereocenters. The fourth-order valence-electron chi connectivity index (χ4n) is 4.91. The standard InChI is InChI=1S/C30H25F2N3O3/c1-16-22-9-6-19(24-11-8-21(31)14-27(24)32)12-25(22)28(36)26-13-20(7-10-23(16)26)30(37)34-15-17-2-4-18(5-3-17)29(33)35-38/h2-14,16,28,36,38H,15H2,1H3,(H2,33,35)(H,34,37)/t16-,28+/m0/s1. The lowest BCUT2D eigenvalue weighted by Crippen LogP contribution is -2.24. The first-order valence-electron chi connectivity index (χ1n) is 12.0. The lowest BCUT2D eigenvalue weighted by Gasteiger charge is -2.30. The Morgan fingerprint density at radius 2 is 1.55 bits per heavy atom. The van der Waals surface area contributed by atoms with Gasteiger partial charge in [-0.3, -0.25) is 4.79 Å². The minimum Gasteiger partial charge on any atom is -0.409 e. The van der Waals surface area contributed by atoms with Gasteiger partial charge in [0.1, 0.15) is 17.7 Å². The van der Waals surface area contributed by atoms with Crippen molar-refractivity contribution in [2.75, 3.05) is 0 Å². The number of oxime groups is 1. The van der Waals surface area contributed by atoms with Crippen LogP contribution in [0.4, 0.5) is 8.78 Å². The second kappa shape index (κ2) is 10.1. The average Bonchev–Trinajstić information content (AvgIpc) is 2.94. The van der Waals surface area contributed by atoms with Crippen molar-refractivity contribution >= 4 is 11.7 Å². The highest BCUT2D eigenvalue weighted by molar-refractivity contribution is 5.97. The van der Waals surface area contributed by atoms with Crippen molar-refractivity contribution in [3.05, 3.63) is 129 Å². The summed E-state index contributed by atoms with van der Waals surface area (Å²) in [4.78, 5) is 12.9. The zero-order chi connectivity index (χ0) is 27.0. The minimum absolute atomic E-state index is 0.000995. The number of aliphatic hydroxyl groups is 1. The van der Waals surface area contributed by atoms with Gasteiger partial charge in [0, 0.05) is 35.2 Å². The fraction of sp³-hybridized carbons (Fsp3) is 0.133. The summed E-state index contributed by atoms with van der Waals surface area (Å²) in [6, 6.07) is 20.9. The van der Waals surface area contributed by atoms with Crippen molar-refractivity contribution in [3.63, 3.8) is 0 Å². The van der Waals surface area contributed by atoms with E-state index in [1.807, 2.05) is 19.1 Å². The molecule has 4 aromatic carbocycles. The summed E-state index contributed by atoms with van der Waals surface area (Å²) < 4.78 is 27.8. The number of amides is 1. The van der Waals surface area contributed by atoms with Crippen LogP contribution in [-0.4, -0.2) is 22.1 Å². The topological polar surface area (TPSA) is 108 Å². The van der Waals surface area contributed by atoms with Crippen molar-refractivity contribution < 1.29 is 23.9 Å². The molecule has 1 amide bonds. The molecule has 0 aliphatic heterocycles. The molecule has 0 aromatic heterocycles. The number of nitrogens with two attached hydrogens (primary N) is 1. The molecule has 0 heterocycles. The van der Waals surface area contributed by atoms with E-state index in [1.54, 1.807) is 48.5 Å². The van der Waals surface area contributed by atoms with E-state index in [9.17, 15) is 18.7 Å². The maximum Gasteiger partial charge on any atom is 0.251 e. The molecule has 38 heavy (non-hydrogen) atoms. The van der Waals surface area contributed by atoms with Gasteiger partial charge in [-0.05, 0) is 63.7 Å². The van der Waals surface area contributed by atoms with Crippen LogP contribution in [0.15, 0.2) is 84.0 Å². The first-order chi connectivity index (χ1) is 18.3. The van der Waals surface area contributed by atoms with E-state index in [0.29, 0.717) is 27.8 Å². The Morgan fingerprint density at radius 1 is 0.895 bits per heavy atom. The molecule has 192 valence electrons. The molecule has 1 aliphatic rings. The van der Waals surface area contributed by atoms with Crippen LogP contribution in [0.2, 0.25) is 0 Å². The van der Waals surface area contributed by atoms with E-state index >= 15 is 0 Å². The van der Waals surface area contributed by atoms with E-state index in [4.69, 9.17) is 10.9 Å². The van der Waals surface area contributed by atoms with Gasteiger partial charge < -0.3 is 21.4 Å². The van der Waals surface area contributed by atoms with Gasteiger partial charge in [0.2, 0.25) is 0 Å². The molecule has 5 N–H and O–H groups in total. The number of rotatable bonds is 5. The van der Waals surface area contributed by atoms with Crippen LogP contribution < -0.4 is 11.1 Å². The van der Waals surface area contributed by atoms with Gasteiger partial charge in [0.15, 0.2) is 5.84 Å². The van der Waals surface area contributed by atoms with E-state index in [2.05, 4.69) is 10.5 Å². The molecular formula is C30H25F2N3O3. The van der Waals surface area contributed by atoms with Crippen molar-refractivity contribution in [2.24, 2.45) is 10.9 Å². The molecular weight excluding hydrogens is 488 g/mol. The molecule has 6 nitrogen and oxygen atoms in total. The van der Waals surface area contributed by atoms with Crippen LogP contribution >= 0.6 is 0 Å². The maximum absolute atomic E-state index is 14.4. The van der Waals surface area contributed by atoms with Crippen LogP contribution in [0.3, 0.4) is 0 Å². The summed E-state index contributed by atoms with van der Waals surface area (Å²) in [6.07, 6.45) is -1.02. The Morgan fingerprint density at radius 3 is 2.24 bits per heavy atom. The third-order valence-electron chi connectivity index (χ3n) is 7.01. The molecule has 0 fully saturated rings. The number of nitrogens with zero attached hydrogens (tertiary/aromatic N) is 1. The number of hydrogen-bond donors (Lipinski definition) is 4. The summed E-state index contributed by atoms with van der Waals surface area (Å²) in [5, 5.41) is 25.9. The van der Waals surface area contributed by atoms with E-state index in [-0.39, 0.29) is 29.8 Å². The number of hydrogen-bond acceptors (Lipinski definition) is 4. The summed E-state index contributed by atoms with van der Waals surface area (Å²) in [5.74, 6) is -1.70. The normalized spacial score (nSPS) is 16.5. The molecule has 1 aliphatic carbocycles. The molecule has 0 spiro atoms. The van der Waals surface area contributed by atoms with E-state index < -0.39 is 17.7 Å². The molecule has 2 atom stereocenters. The van der Waals surface area contributed by atoms with Gasteiger partial charge in [0.05, 0.1) is 0 Å². The third-order valence-corrected chi connectivity index (χ3v) is 7.01. The number of amidine groups is 1. The van der Waals surface area contributed by atoms with Gasteiger partial charge >= 0.3 is 0 Å². The van der Waals surface area contributed by atoms with Gasteiger partial charge in [-0.2, -0.15) is 0 Å². The molecule has 4 aromatic rings. The van der Waals surface area contributed by atoms with Crippen LogP contribution in [0.1, 0.15) is 62.7 Å². The van der Waals surface area contributed by atoms with Crippen LogP contribution in [0, 0.1) is 11.6 Å². The molecule has 0 saturated carbocycles. The highest BCUT2D eigenvalue weighted by atomic mass is 19.1. The first-order valence-corrected chi connectivity index (χ1v) is 12.0. The number of benzene rings is 4. The Hall–Kier alpha value is -4.56. The summed E-state index contributed by atoms with van der Waals surface area (Å²) in [7, 11) is 0. The molecule has 0 radical (unpaired) electrons. The lowest BCUT2D eigenvalue weighted by atomic mass is 9.76. The highest BCUT2D eigenvalue weighted by Crippen LogP contribution is 2.43. The summed E-state index contributed by atoms with van der Waals surface area (Å²) in [6.45, 7) is 2.28. The smallest absolute Gasteiger partial charge is 0.251 e. The fourth-order valence-corrected chi connectivity index (χ4v) is 4.91. The number of halogens is 2. The Labute approximate surface area is 218 Å². The number of fused-ring (bicyclic) bond motifs is 2. The summed E-state index contributed by atoms with van der Waals surface area (Å²) in [5.41, 5.74) is 11.2. The average molecular weight is 514 g/mol. The zero-order valence-electron chi connectivity index (χ0n) is 20.5. The number of carbonyl (C=O) groups is 1. The van der Waals surface area contributed by atoms with Crippen molar-refractivity contribution in [2.45, 2.75) is 25.5 Å². The van der Waals surface area contributed by atoms with E-state index in [1.165, 1.54) is 12.1 Å². The van der Waals surface area contributed by atoms with Gasteiger partial charge in [0.25, 0.3) is 5.91 Å². The Kier molecular flexibility index (Phi) is 6.65. The van der Waals surface area contributed by atoms with Crippen LogP contribution in [0.25, 0.3) is 11.1 Å². The molecule has 0 bridgehead atoms. The Bertz CT molecular complexity index is 1570. The Balaban J connectivity index is 1.38. The number of carbonyl (C=O) groups excluding carboxylic acids is 1. The molecule has 8 heteroatoms. The van der Waals surface area contributed by atoms with Crippen LogP contribution in [0.5, 0.6) is 0 Å². The second-order valence-corrected chi connectivity index (χ2v) is 9.30. The molecule has 0 saturated heterocycles. The van der Waals surface area contributed by atoms with Crippen LogP contribution in [-0.2, 0) is 6.54 Å².